The lowest BCUT2D eigenvalue weighted by Gasteiger charge is -2.23. The number of hydrogen-bond acceptors (Lipinski definition) is 4. The molecule has 49 heavy (non-hydrogen) atoms. The first-order chi connectivity index (χ1) is 23.5. The van der Waals surface area contributed by atoms with Crippen molar-refractivity contribution in [1.82, 2.24) is 15.1 Å². The first kappa shape index (κ1) is 55.3. The molecule has 288 valence electrons. The molecule has 0 aliphatic carbocycles. The van der Waals surface area contributed by atoms with Gasteiger partial charge in [0.05, 0.1) is 12.5 Å². The zero-order valence-electron chi connectivity index (χ0n) is 34.3. The smallest absolute Gasteiger partial charge is 0.317 e. The molecule has 0 rings (SSSR count). The van der Waals surface area contributed by atoms with Gasteiger partial charge >= 0.3 is 12.0 Å². The minimum Gasteiger partial charge on any atom is -0.465 e. The number of nitrogens with one attached hydrogen (secondary N) is 1. The van der Waals surface area contributed by atoms with E-state index in [9.17, 15) is 14.4 Å². The normalized spacial score (nSPS) is 10.9. The van der Waals surface area contributed by atoms with Crippen molar-refractivity contribution in [1.29, 1.82) is 0 Å². The minimum absolute atomic E-state index is 0.0138. The van der Waals surface area contributed by atoms with Crippen LogP contribution >= 0.6 is 0 Å². The van der Waals surface area contributed by atoms with Crippen LogP contribution in [0.2, 0.25) is 0 Å². The Labute approximate surface area is 305 Å². The monoisotopic (exact) mass is 692 g/mol. The highest BCUT2D eigenvalue weighted by atomic mass is 16.5. The molecule has 0 aliphatic rings. The molecule has 7 heteroatoms. The molecule has 0 aromatic rings. The van der Waals surface area contributed by atoms with Crippen molar-refractivity contribution < 1.29 is 19.1 Å². The second kappa shape index (κ2) is 47.0. The quantitative estimate of drug-likeness (QED) is 0.0403. The van der Waals surface area contributed by atoms with E-state index < -0.39 is 0 Å². The van der Waals surface area contributed by atoms with Crippen LogP contribution in [0.15, 0.2) is 61.3 Å². The Balaban J connectivity index is -0.000000180. The summed E-state index contributed by atoms with van der Waals surface area (Å²) in [5.74, 6) is 0.408. The van der Waals surface area contributed by atoms with E-state index in [4.69, 9.17) is 4.74 Å². The number of esters is 1. The van der Waals surface area contributed by atoms with Crippen LogP contribution in [0.4, 0.5) is 4.79 Å². The van der Waals surface area contributed by atoms with E-state index in [0.717, 1.165) is 44.9 Å². The topological polar surface area (TPSA) is 79.0 Å². The molecule has 1 atom stereocenters. The predicted molar refractivity (Wildman–Crippen MR) is 217 cm³/mol. The highest BCUT2D eigenvalue weighted by molar-refractivity contribution is 5.73. The molecule has 3 amide bonds. The maximum Gasteiger partial charge on any atom is 0.317 e. The van der Waals surface area contributed by atoms with E-state index in [-0.39, 0.29) is 17.9 Å². The number of nitrogens with zero attached hydrogens (tertiary/aromatic N) is 2. The maximum absolute atomic E-state index is 11.8. The third kappa shape index (κ3) is 44.9. The molecule has 1 unspecified atom stereocenters. The second-order valence-electron chi connectivity index (χ2n) is 11.6. The van der Waals surface area contributed by atoms with Crippen LogP contribution in [0.3, 0.4) is 0 Å². The Morgan fingerprint density at radius 3 is 1.86 bits per heavy atom. The van der Waals surface area contributed by atoms with Gasteiger partial charge in [-0.2, -0.15) is 0 Å². The van der Waals surface area contributed by atoms with Gasteiger partial charge in [0.2, 0.25) is 6.41 Å². The number of unbranched alkanes of at least 4 members (excludes halogenated alkanes) is 4. The standard InChI is InChI=1S/C14H26O2.C11H18.C9H19N3O2.C6H12.C2H6/c1-5-8-12(4)11-16-14(15)13(9-6-2)10-7-3;1-4-6-7-8-9-10-11(3)5-2;1-4-5-12(9(14)10-2)7-6-11(3)8-13;1-3-5-6-4-2;1-2/h5,8,12-13H,6-7,9-11H2,1-4H3;4-5,10H,1-2,6-9H2,3H3;8H,4-7H2,1-3H3,(H,10,14);3,5H,4,6H2,1-2H3;1-2H3/b8-5-;11-10-;;5-3-;. The molecular formula is C42H81N3O4. The van der Waals surface area contributed by atoms with E-state index in [0.29, 0.717) is 32.2 Å². The minimum atomic E-state index is -0.0915. The number of amides is 3. The summed E-state index contributed by atoms with van der Waals surface area (Å²) in [5, 5.41) is 2.57. The van der Waals surface area contributed by atoms with Crippen molar-refractivity contribution >= 4 is 18.4 Å². The van der Waals surface area contributed by atoms with E-state index in [2.05, 4.69) is 84.3 Å². The van der Waals surface area contributed by atoms with Crippen molar-refractivity contribution in [3.63, 3.8) is 0 Å². The number of carbonyl (C=O) groups excluding carboxylic acids is 3. The fraction of sp³-hybridized carbons (Fsp3) is 0.690. The molecule has 0 radical (unpaired) electrons. The van der Waals surface area contributed by atoms with Crippen LogP contribution in [0.5, 0.6) is 0 Å². The van der Waals surface area contributed by atoms with Gasteiger partial charge < -0.3 is 19.9 Å². The number of ether oxygens (including phenoxy) is 1. The van der Waals surface area contributed by atoms with Crippen LogP contribution in [-0.2, 0) is 14.3 Å². The lowest BCUT2D eigenvalue weighted by molar-refractivity contribution is -0.149. The summed E-state index contributed by atoms with van der Waals surface area (Å²) < 4.78 is 5.33. The molecular weight excluding hydrogens is 610 g/mol. The Morgan fingerprint density at radius 1 is 0.857 bits per heavy atom. The van der Waals surface area contributed by atoms with Crippen LogP contribution in [-0.4, -0.2) is 68.5 Å². The molecule has 1 N–H and O–H groups in total. The average Bonchev–Trinajstić information content (AvgIpc) is 3.12. The van der Waals surface area contributed by atoms with Gasteiger partial charge in [-0.25, -0.2) is 4.79 Å². The molecule has 0 saturated carbocycles. The van der Waals surface area contributed by atoms with Gasteiger partial charge in [0.15, 0.2) is 0 Å². The fourth-order valence-electron chi connectivity index (χ4n) is 4.05. The molecule has 0 aromatic carbocycles. The van der Waals surface area contributed by atoms with Crippen LogP contribution in [0, 0.1) is 11.8 Å². The number of urea groups is 1. The second-order valence-corrected chi connectivity index (χ2v) is 11.6. The lowest BCUT2D eigenvalue weighted by atomic mass is 9.98. The fourth-order valence-corrected chi connectivity index (χ4v) is 4.05. The maximum atomic E-state index is 11.8. The van der Waals surface area contributed by atoms with Gasteiger partial charge in [0.1, 0.15) is 0 Å². The van der Waals surface area contributed by atoms with Gasteiger partial charge in [-0.3, -0.25) is 9.59 Å². The Bertz CT molecular complexity index is 830. The third-order valence-corrected chi connectivity index (χ3v) is 6.86. The zero-order valence-corrected chi connectivity index (χ0v) is 34.3. The van der Waals surface area contributed by atoms with Crippen molar-refractivity contribution in [2.24, 2.45) is 11.8 Å². The molecule has 0 bridgehead atoms. The number of hydrogen-bond donors (Lipinski definition) is 1. The molecule has 0 saturated heterocycles. The summed E-state index contributed by atoms with van der Waals surface area (Å²) in [5.41, 5.74) is 1.28. The lowest BCUT2D eigenvalue weighted by Crippen LogP contribution is -2.42. The zero-order chi connectivity index (χ0) is 38.7. The summed E-state index contributed by atoms with van der Waals surface area (Å²) in [6.45, 7) is 30.3. The molecule has 0 spiro atoms. The first-order valence-corrected chi connectivity index (χ1v) is 19.0. The SMILES string of the molecule is C/C=C\C(C)COC(=O)C(CCC)CCC.C/C=C\CCC.C=CCCCC/C=C(/C)C=C.CC.CCCN(CCN(C)C=O)C(=O)NC. The van der Waals surface area contributed by atoms with Crippen LogP contribution in [0.1, 0.15) is 140 Å². The molecule has 7 nitrogen and oxygen atoms in total. The summed E-state index contributed by atoms with van der Waals surface area (Å²) in [6, 6.07) is -0.0915. The van der Waals surface area contributed by atoms with Gasteiger partial charge in [-0.05, 0) is 72.1 Å². The summed E-state index contributed by atoms with van der Waals surface area (Å²) in [7, 11) is 3.30. The highest BCUT2D eigenvalue weighted by Gasteiger charge is 2.18. The van der Waals surface area contributed by atoms with Crippen LogP contribution in [0.25, 0.3) is 0 Å². The number of carbonyl (C=O) groups is 3. The largest absolute Gasteiger partial charge is 0.465 e. The first-order valence-electron chi connectivity index (χ1n) is 19.0. The van der Waals surface area contributed by atoms with Crippen molar-refractivity contribution in [2.45, 2.75) is 140 Å². The Morgan fingerprint density at radius 2 is 1.45 bits per heavy atom. The molecule has 0 aromatic heterocycles. The van der Waals surface area contributed by atoms with E-state index in [1.54, 1.807) is 19.0 Å². The summed E-state index contributed by atoms with van der Waals surface area (Å²) in [6.07, 6.45) is 27.4. The summed E-state index contributed by atoms with van der Waals surface area (Å²) >= 11 is 0. The molecule has 0 heterocycles. The highest BCUT2D eigenvalue weighted by Crippen LogP contribution is 2.16. The van der Waals surface area contributed by atoms with Gasteiger partial charge in [0.25, 0.3) is 0 Å². The number of likely N-dealkylation sites (N-methyl/N-ethyl adjacent to an activating group) is 1. The number of allylic oxidation sites excluding steroid dienone is 7. The van der Waals surface area contributed by atoms with Gasteiger partial charge in [-0.15, -0.1) is 6.58 Å². The Kier molecular flexibility index (Phi) is 53.1. The van der Waals surface area contributed by atoms with E-state index in [1.807, 2.05) is 45.9 Å². The van der Waals surface area contributed by atoms with Crippen LogP contribution < -0.4 is 5.32 Å². The predicted octanol–water partition coefficient (Wildman–Crippen LogP) is 11.3. The van der Waals surface area contributed by atoms with Crippen molar-refractivity contribution in [3.05, 3.63) is 61.3 Å². The molecule has 0 fully saturated rings. The van der Waals surface area contributed by atoms with E-state index in [1.165, 1.54) is 42.6 Å². The van der Waals surface area contributed by atoms with Gasteiger partial charge in [-0.1, -0.05) is 122 Å². The van der Waals surface area contributed by atoms with Crippen molar-refractivity contribution in [3.8, 4) is 0 Å². The third-order valence-electron chi connectivity index (χ3n) is 6.86. The number of rotatable bonds is 22. The average molecular weight is 692 g/mol. The van der Waals surface area contributed by atoms with E-state index >= 15 is 0 Å². The summed E-state index contributed by atoms with van der Waals surface area (Å²) in [4.78, 5) is 36.6. The Hall–Kier alpha value is -3.09. The van der Waals surface area contributed by atoms with Crippen molar-refractivity contribution in [2.75, 3.05) is 40.3 Å². The van der Waals surface area contributed by atoms with Gasteiger partial charge in [0, 0.05) is 39.6 Å². The molecule has 0 aliphatic heterocycles.